The van der Waals surface area contributed by atoms with Gasteiger partial charge >= 0.3 is 5.69 Å². The van der Waals surface area contributed by atoms with Crippen molar-refractivity contribution in [3.05, 3.63) is 86.6 Å². The van der Waals surface area contributed by atoms with Crippen LogP contribution in [0, 0.1) is 12.3 Å². The second kappa shape index (κ2) is 8.81. The van der Waals surface area contributed by atoms with Crippen molar-refractivity contribution in [1.82, 2.24) is 23.9 Å². The predicted molar refractivity (Wildman–Crippen MR) is 133 cm³/mol. The summed E-state index contributed by atoms with van der Waals surface area (Å²) in [6.45, 7) is 1.29. The van der Waals surface area contributed by atoms with Gasteiger partial charge in [0.15, 0.2) is 9.84 Å². The highest BCUT2D eigenvalue weighted by Gasteiger charge is 2.46. The summed E-state index contributed by atoms with van der Waals surface area (Å²) in [6, 6.07) is 7.84. The van der Waals surface area contributed by atoms with Crippen LogP contribution < -0.4 is 11.2 Å². The number of hydrogen-bond acceptors (Lipinski definition) is 6. The Morgan fingerprint density at radius 3 is 2.44 bits per heavy atom. The molecule has 5 rings (SSSR count). The Balaban J connectivity index is 1.67. The molecular weight excluding hydrogens is 485 g/mol. The van der Waals surface area contributed by atoms with Crippen molar-refractivity contribution in [1.29, 1.82) is 0 Å². The first-order chi connectivity index (χ1) is 17.1. The Morgan fingerprint density at radius 1 is 1.06 bits per heavy atom. The van der Waals surface area contributed by atoms with Gasteiger partial charge in [-0.25, -0.2) is 13.2 Å². The number of aromatic nitrogens is 5. The molecule has 36 heavy (non-hydrogen) atoms. The molecule has 3 aromatic heterocycles. The molecule has 0 atom stereocenters. The summed E-state index contributed by atoms with van der Waals surface area (Å²) in [5.41, 5.74) is 0.572. The number of nitrogens with zero attached hydrogens (tertiary/aromatic N) is 5. The lowest BCUT2D eigenvalue weighted by atomic mass is 10.2. The fourth-order valence-electron chi connectivity index (χ4n) is 4.36. The second-order valence-corrected chi connectivity index (χ2v) is 11.7. The van der Waals surface area contributed by atoms with Gasteiger partial charge in [-0.1, -0.05) is 6.07 Å². The Morgan fingerprint density at radius 2 is 1.83 bits per heavy atom. The third-order valence-electron chi connectivity index (χ3n) is 6.68. The van der Waals surface area contributed by atoms with E-state index in [9.17, 15) is 22.4 Å². The second-order valence-electron chi connectivity index (χ2n) is 9.68. The van der Waals surface area contributed by atoms with E-state index in [1.807, 2.05) is 13.0 Å². The van der Waals surface area contributed by atoms with Gasteiger partial charge in [0.2, 0.25) is 0 Å². The summed E-state index contributed by atoms with van der Waals surface area (Å²) in [4.78, 5) is 31.3. The minimum atomic E-state index is -3.83. The summed E-state index contributed by atoms with van der Waals surface area (Å²) in [5.74, 6) is -0.307. The van der Waals surface area contributed by atoms with Crippen LogP contribution in [0.25, 0.3) is 10.9 Å². The van der Waals surface area contributed by atoms with Gasteiger partial charge in [0, 0.05) is 30.4 Å². The lowest BCUT2D eigenvalue weighted by Gasteiger charge is -2.16. The number of sulfone groups is 1. The van der Waals surface area contributed by atoms with Crippen LogP contribution in [0.1, 0.15) is 29.7 Å². The fourth-order valence-corrected chi connectivity index (χ4v) is 6.27. The Labute approximate surface area is 206 Å². The van der Waals surface area contributed by atoms with Crippen molar-refractivity contribution >= 4 is 20.7 Å². The molecule has 1 fully saturated rings. The molecule has 1 aliphatic rings. The van der Waals surface area contributed by atoms with Gasteiger partial charge in [-0.3, -0.25) is 28.0 Å². The molecule has 0 unspecified atom stereocenters. The highest BCUT2D eigenvalue weighted by Crippen LogP contribution is 2.47. The van der Waals surface area contributed by atoms with Gasteiger partial charge in [-0.2, -0.15) is 5.10 Å². The van der Waals surface area contributed by atoms with Gasteiger partial charge in [0.25, 0.3) is 5.56 Å². The Bertz CT molecular complexity index is 1680. The molecule has 0 bridgehead atoms. The third kappa shape index (κ3) is 4.50. The van der Waals surface area contributed by atoms with E-state index in [4.69, 9.17) is 0 Å². The van der Waals surface area contributed by atoms with Gasteiger partial charge in [0.1, 0.15) is 0 Å². The summed E-state index contributed by atoms with van der Waals surface area (Å²) >= 11 is 0. The molecular formula is C25H26FN5O4S. The van der Waals surface area contributed by atoms with Crippen molar-refractivity contribution < 1.29 is 12.8 Å². The van der Waals surface area contributed by atoms with Crippen LogP contribution >= 0.6 is 0 Å². The molecule has 0 spiro atoms. The molecule has 1 aliphatic carbocycles. The van der Waals surface area contributed by atoms with Crippen molar-refractivity contribution in [2.45, 2.75) is 37.8 Å². The van der Waals surface area contributed by atoms with E-state index in [-0.39, 0.29) is 29.1 Å². The largest absolute Gasteiger partial charge is 0.332 e. The number of rotatable bonds is 8. The van der Waals surface area contributed by atoms with Crippen LogP contribution in [0.5, 0.6) is 0 Å². The molecule has 0 N–H and O–H groups in total. The fraction of sp³-hybridized carbons (Fsp3) is 0.360. The number of pyridine rings is 1. The van der Waals surface area contributed by atoms with Crippen molar-refractivity contribution in [3.8, 4) is 0 Å². The van der Waals surface area contributed by atoms with E-state index in [1.165, 1.54) is 22.8 Å². The SMILES string of the molecule is Cc1ccc(Cn2c(=O)n(Cc3cnn(C)c3)c(=O)c3cc(S(=O)(=O)CC4(CF)CC4)ccc32)nc1. The lowest BCUT2D eigenvalue weighted by molar-refractivity contribution is 0.367. The molecule has 188 valence electrons. The van der Waals surface area contributed by atoms with Crippen LogP contribution in [0.3, 0.4) is 0 Å². The highest BCUT2D eigenvalue weighted by atomic mass is 32.2. The highest BCUT2D eigenvalue weighted by molar-refractivity contribution is 7.91. The van der Waals surface area contributed by atoms with Gasteiger partial charge in [0.05, 0.1) is 53.2 Å². The molecule has 0 radical (unpaired) electrons. The summed E-state index contributed by atoms with van der Waals surface area (Å²) in [6.07, 6.45) is 6.01. The van der Waals surface area contributed by atoms with E-state index in [1.54, 1.807) is 36.4 Å². The lowest BCUT2D eigenvalue weighted by Crippen LogP contribution is -2.40. The number of hydrogen-bond donors (Lipinski definition) is 0. The van der Waals surface area contributed by atoms with Crippen molar-refractivity contribution in [3.63, 3.8) is 0 Å². The molecule has 0 aliphatic heterocycles. The van der Waals surface area contributed by atoms with Crippen LogP contribution in [-0.4, -0.2) is 44.7 Å². The maximum atomic E-state index is 13.5. The van der Waals surface area contributed by atoms with Crippen LogP contribution in [-0.2, 0) is 30.0 Å². The third-order valence-corrected chi connectivity index (χ3v) is 8.65. The average Bonchev–Trinajstić information content (AvgIpc) is 3.50. The van der Waals surface area contributed by atoms with Gasteiger partial charge < -0.3 is 0 Å². The average molecular weight is 512 g/mol. The predicted octanol–water partition coefficient (Wildman–Crippen LogP) is 2.22. The maximum Gasteiger partial charge on any atom is 0.332 e. The summed E-state index contributed by atoms with van der Waals surface area (Å²) in [5, 5.41) is 4.19. The molecule has 9 nitrogen and oxygen atoms in total. The zero-order valence-electron chi connectivity index (χ0n) is 20.0. The van der Waals surface area contributed by atoms with Crippen LogP contribution in [0.2, 0.25) is 0 Å². The molecule has 11 heteroatoms. The first kappa shape index (κ1) is 24.1. The minimum Gasteiger partial charge on any atom is -0.287 e. The standard InChI is InChI=1S/C25H26FN5O4S/c1-17-3-4-19(27-10-17)14-30-22-6-5-20(36(34,35)16-25(15-26)7-8-25)9-21(22)23(32)31(24(30)33)13-18-11-28-29(2)12-18/h3-6,9-12H,7-8,13-16H2,1-2H3. The minimum absolute atomic E-state index is 0.0231. The number of alkyl halides is 1. The van der Waals surface area contributed by atoms with E-state index < -0.39 is 33.2 Å². The monoisotopic (exact) mass is 511 g/mol. The Hall–Kier alpha value is -3.60. The topological polar surface area (TPSA) is 109 Å². The van der Waals surface area contributed by atoms with Crippen LogP contribution in [0.4, 0.5) is 4.39 Å². The normalized spacial score (nSPS) is 14.9. The molecule has 1 aromatic carbocycles. The van der Waals surface area contributed by atoms with Gasteiger partial charge in [-0.05, 0) is 49.6 Å². The van der Waals surface area contributed by atoms with E-state index in [2.05, 4.69) is 10.1 Å². The quantitative estimate of drug-likeness (QED) is 0.359. The first-order valence-electron chi connectivity index (χ1n) is 11.6. The van der Waals surface area contributed by atoms with E-state index >= 15 is 0 Å². The van der Waals surface area contributed by atoms with E-state index in [0.29, 0.717) is 29.6 Å². The van der Waals surface area contributed by atoms with Crippen molar-refractivity contribution in [2.75, 3.05) is 12.4 Å². The number of benzene rings is 1. The van der Waals surface area contributed by atoms with Gasteiger partial charge in [-0.15, -0.1) is 0 Å². The molecule has 1 saturated carbocycles. The number of halogens is 1. The zero-order chi connectivity index (χ0) is 25.7. The number of fused-ring (bicyclic) bond motifs is 1. The Kier molecular flexibility index (Phi) is 5.90. The van der Waals surface area contributed by atoms with E-state index in [0.717, 1.165) is 10.1 Å². The summed E-state index contributed by atoms with van der Waals surface area (Å²) in [7, 11) is -2.10. The molecule has 4 aromatic rings. The molecule has 0 amide bonds. The van der Waals surface area contributed by atoms with Crippen molar-refractivity contribution in [2.24, 2.45) is 12.5 Å². The zero-order valence-corrected chi connectivity index (χ0v) is 20.8. The maximum absolute atomic E-state index is 13.5. The summed E-state index contributed by atoms with van der Waals surface area (Å²) < 4.78 is 43.7. The smallest absolute Gasteiger partial charge is 0.287 e. The first-order valence-corrected chi connectivity index (χ1v) is 13.2. The van der Waals surface area contributed by atoms with Crippen LogP contribution in [0.15, 0.2) is 63.4 Å². The molecule has 3 heterocycles. The molecule has 0 saturated heterocycles. The number of aryl methyl sites for hydroxylation is 2.